The Morgan fingerprint density at radius 2 is 2.33 bits per heavy atom. The Morgan fingerprint density at radius 3 is 2.80 bits per heavy atom. The van der Waals surface area contributed by atoms with E-state index >= 15 is 0 Å². The normalized spacial score (nSPS) is 20.9. The Balaban J connectivity index is 2.49. The summed E-state index contributed by atoms with van der Waals surface area (Å²) in [5.74, 6) is 0.222. The molecule has 0 aromatic heterocycles. The first-order chi connectivity index (χ1) is 7.16. The lowest BCUT2D eigenvalue weighted by Gasteiger charge is -2.29. The van der Waals surface area contributed by atoms with Gasteiger partial charge in [0, 0.05) is 19.7 Å². The van der Waals surface area contributed by atoms with Crippen LogP contribution >= 0.6 is 0 Å². The minimum atomic E-state index is 0.0317. The largest absolute Gasteiger partial charge is 0.383 e. The van der Waals surface area contributed by atoms with Crippen molar-refractivity contribution >= 4 is 5.91 Å². The zero-order valence-electron chi connectivity index (χ0n) is 9.95. The van der Waals surface area contributed by atoms with Gasteiger partial charge in [-0.2, -0.15) is 0 Å². The summed E-state index contributed by atoms with van der Waals surface area (Å²) < 4.78 is 5.02. The minimum absolute atomic E-state index is 0.0317. The van der Waals surface area contributed by atoms with Crippen molar-refractivity contribution in [3.63, 3.8) is 0 Å². The van der Waals surface area contributed by atoms with Gasteiger partial charge in [-0.05, 0) is 33.2 Å². The maximum absolute atomic E-state index is 12.1. The standard InChI is InChI=1S/C11H22N2O2/c1-9(2)13(7-8-15-3)11(14)10-5-4-6-12-10/h9-10,12H,4-8H2,1-3H3/t10-/m0/s1. The lowest BCUT2D eigenvalue weighted by atomic mass is 10.2. The Morgan fingerprint density at radius 1 is 1.60 bits per heavy atom. The number of amides is 1. The molecule has 15 heavy (non-hydrogen) atoms. The van der Waals surface area contributed by atoms with Gasteiger partial charge in [-0.15, -0.1) is 0 Å². The summed E-state index contributed by atoms with van der Waals surface area (Å²) >= 11 is 0. The monoisotopic (exact) mass is 214 g/mol. The molecule has 1 atom stereocenters. The summed E-state index contributed by atoms with van der Waals surface area (Å²) in [5.41, 5.74) is 0. The second kappa shape index (κ2) is 6.08. The molecule has 0 spiro atoms. The van der Waals surface area contributed by atoms with Crippen molar-refractivity contribution in [2.75, 3.05) is 26.8 Å². The number of nitrogens with zero attached hydrogens (tertiary/aromatic N) is 1. The molecule has 88 valence electrons. The second-order valence-corrected chi connectivity index (χ2v) is 4.27. The molecule has 1 N–H and O–H groups in total. The maximum Gasteiger partial charge on any atom is 0.240 e. The molecule has 4 nitrogen and oxygen atoms in total. The number of carbonyl (C=O) groups excluding carboxylic acids is 1. The molecule has 0 unspecified atom stereocenters. The smallest absolute Gasteiger partial charge is 0.240 e. The van der Waals surface area contributed by atoms with Gasteiger partial charge in [-0.3, -0.25) is 4.79 Å². The van der Waals surface area contributed by atoms with Crippen LogP contribution in [-0.2, 0) is 9.53 Å². The molecule has 1 fully saturated rings. The fourth-order valence-corrected chi connectivity index (χ4v) is 1.91. The first-order valence-electron chi connectivity index (χ1n) is 5.69. The molecule has 0 aliphatic carbocycles. The van der Waals surface area contributed by atoms with E-state index in [1.807, 2.05) is 18.7 Å². The zero-order chi connectivity index (χ0) is 11.3. The van der Waals surface area contributed by atoms with Gasteiger partial charge in [-0.1, -0.05) is 0 Å². The summed E-state index contributed by atoms with van der Waals surface area (Å²) in [5, 5.41) is 3.24. The van der Waals surface area contributed by atoms with Crippen LogP contribution in [0.1, 0.15) is 26.7 Å². The average Bonchev–Trinajstić information content (AvgIpc) is 2.70. The fraction of sp³-hybridized carbons (Fsp3) is 0.909. The van der Waals surface area contributed by atoms with Crippen LogP contribution < -0.4 is 5.32 Å². The number of carbonyl (C=O) groups is 1. The highest BCUT2D eigenvalue weighted by atomic mass is 16.5. The Hall–Kier alpha value is -0.610. The molecule has 1 heterocycles. The van der Waals surface area contributed by atoms with Crippen LogP contribution in [0.3, 0.4) is 0 Å². The van der Waals surface area contributed by atoms with Crippen molar-refractivity contribution in [2.45, 2.75) is 38.8 Å². The molecule has 0 bridgehead atoms. The highest BCUT2D eigenvalue weighted by molar-refractivity contribution is 5.82. The molecule has 0 saturated carbocycles. The maximum atomic E-state index is 12.1. The first kappa shape index (κ1) is 12.5. The van der Waals surface area contributed by atoms with Gasteiger partial charge in [0.25, 0.3) is 0 Å². The average molecular weight is 214 g/mol. The lowest BCUT2D eigenvalue weighted by molar-refractivity contribution is -0.135. The Labute approximate surface area is 92.0 Å². The third-order valence-electron chi connectivity index (χ3n) is 2.80. The van der Waals surface area contributed by atoms with Gasteiger partial charge in [-0.25, -0.2) is 0 Å². The van der Waals surface area contributed by atoms with Crippen LogP contribution in [0.2, 0.25) is 0 Å². The van der Waals surface area contributed by atoms with Gasteiger partial charge in [0.1, 0.15) is 0 Å². The van der Waals surface area contributed by atoms with Crippen LogP contribution in [0.5, 0.6) is 0 Å². The van der Waals surface area contributed by atoms with Crippen LogP contribution in [0.15, 0.2) is 0 Å². The molecular weight excluding hydrogens is 192 g/mol. The number of nitrogens with one attached hydrogen (secondary N) is 1. The predicted molar refractivity (Wildman–Crippen MR) is 59.7 cm³/mol. The van der Waals surface area contributed by atoms with E-state index in [1.54, 1.807) is 7.11 Å². The highest BCUT2D eigenvalue weighted by Crippen LogP contribution is 2.10. The van der Waals surface area contributed by atoms with E-state index in [0.29, 0.717) is 13.2 Å². The summed E-state index contributed by atoms with van der Waals surface area (Å²) in [6.07, 6.45) is 2.07. The SMILES string of the molecule is COCCN(C(=O)[C@@H]1CCCN1)C(C)C. The van der Waals surface area contributed by atoms with E-state index in [-0.39, 0.29) is 18.0 Å². The topological polar surface area (TPSA) is 41.6 Å². The summed E-state index contributed by atoms with van der Waals surface area (Å²) in [6, 6.07) is 0.277. The van der Waals surface area contributed by atoms with Crippen molar-refractivity contribution in [1.82, 2.24) is 10.2 Å². The lowest BCUT2D eigenvalue weighted by Crippen LogP contribution is -2.47. The second-order valence-electron chi connectivity index (χ2n) is 4.27. The number of ether oxygens (including phenoxy) is 1. The summed E-state index contributed by atoms with van der Waals surface area (Å²) in [7, 11) is 1.66. The Bertz CT molecular complexity index is 201. The van der Waals surface area contributed by atoms with E-state index < -0.39 is 0 Å². The third kappa shape index (κ3) is 3.47. The number of hydrogen-bond donors (Lipinski definition) is 1. The Kier molecular flexibility index (Phi) is 5.05. The molecule has 0 aromatic rings. The van der Waals surface area contributed by atoms with E-state index in [1.165, 1.54) is 0 Å². The van der Waals surface area contributed by atoms with Crippen LogP contribution in [0.25, 0.3) is 0 Å². The molecule has 1 amide bonds. The van der Waals surface area contributed by atoms with E-state index in [4.69, 9.17) is 4.74 Å². The molecule has 1 aliphatic heterocycles. The van der Waals surface area contributed by atoms with E-state index in [9.17, 15) is 4.79 Å². The van der Waals surface area contributed by atoms with Crippen LogP contribution in [0, 0.1) is 0 Å². The number of hydrogen-bond acceptors (Lipinski definition) is 3. The number of rotatable bonds is 5. The van der Waals surface area contributed by atoms with Crippen molar-refractivity contribution in [3.8, 4) is 0 Å². The summed E-state index contributed by atoms with van der Waals surface area (Å²) in [6.45, 7) is 6.35. The van der Waals surface area contributed by atoms with Crippen molar-refractivity contribution in [3.05, 3.63) is 0 Å². The van der Waals surface area contributed by atoms with Crippen molar-refractivity contribution in [1.29, 1.82) is 0 Å². The number of methoxy groups -OCH3 is 1. The van der Waals surface area contributed by atoms with Gasteiger partial charge < -0.3 is 15.0 Å². The van der Waals surface area contributed by atoms with Gasteiger partial charge >= 0.3 is 0 Å². The van der Waals surface area contributed by atoms with E-state index in [0.717, 1.165) is 19.4 Å². The molecule has 4 heteroatoms. The molecule has 0 aromatic carbocycles. The zero-order valence-corrected chi connectivity index (χ0v) is 9.95. The highest BCUT2D eigenvalue weighted by Gasteiger charge is 2.27. The molecule has 0 radical (unpaired) electrons. The predicted octanol–water partition coefficient (Wildman–Crippen LogP) is 0.622. The fourth-order valence-electron chi connectivity index (χ4n) is 1.91. The first-order valence-corrected chi connectivity index (χ1v) is 5.69. The van der Waals surface area contributed by atoms with Crippen LogP contribution in [0.4, 0.5) is 0 Å². The summed E-state index contributed by atoms with van der Waals surface area (Å²) in [4.78, 5) is 14.0. The van der Waals surface area contributed by atoms with Gasteiger partial charge in [0.2, 0.25) is 5.91 Å². The van der Waals surface area contributed by atoms with E-state index in [2.05, 4.69) is 5.32 Å². The third-order valence-corrected chi connectivity index (χ3v) is 2.80. The minimum Gasteiger partial charge on any atom is -0.383 e. The quantitative estimate of drug-likeness (QED) is 0.729. The van der Waals surface area contributed by atoms with Crippen LogP contribution in [-0.4, -0.2) is 49.7 Å². The molecule has 1 aliphatic rings. The van der Waals surface area contributed by atoms with Gasteiger partial charge in [0.05, 0.1) is 12.6 Å². The van der Waals surface area contributed by atoms with Crippen molar-refractivity contribution < 1.29 is 9.53 Å². The van der Waals surface area contributed by atoms with Crippen molar-refractivity contribution in [2.24, 2.45) is 0 Å². The molecule has 1 rings (SSSR count). The molecule has 1 saturated heterocycles. The molecular formula is C11H22N2O2. The van der Waals surface area contributed by atoms with Gasteiger partial charge in [0.15, 0.2) is 0 Å².